The summed E-state index contributed by atoms with van der Waals surface area (Å²) in [6.45, 7) is 0.0602. The third-order valence-electron chi connectivity index (χ3n) is 4.99. The number of benzene rings is 2. The molecule has 6 N–H and O–H groups in total. The smallest absolute Gasteiger partial charge is 0.328 e. The van der Waals surface area contributed by atoms with Crippen LogP contribution in [0, 0.1) is 15.5 Å². The molecule has 200 valence electrons. The van der Waals surface area contributed by atoms with Crippen LogP contribution in [-0.4, -0.2) is 59.6 Å². The summed E-state index contributed by atoms with van der Waals surface area (Å²) in [6.07, 6.45) is 0.0805. The van der Waals surface area contributed by atoms with Crippen molar-refractivity contribution in [3.8, 4) is 0 Å². The van der Waals surface area contributed by atoms with Crippen LogP contribution in [0.4, 0.5) is 5.69 Å². The van der Waals surface area contributed by atoms with Crippen molar-refractivity contribution in [2.45, 2.75) is 30.3 Å². The van der Waals surface area contributed by atoms with E-state index in [1.165, 1.54) is 12.1 Å². The average molecular weight is 575 g/mol. The molecule has 0 radical (unpaired) electrons. The van der Waals surface area contributed by atoms with Gasteiger partial charge in [-0.05, 0) is 42.7 Å². The monoisotopic (exact) mass is 574 g/mol. The van der Waals surface area contributed by atoms with Gasteiger partial charge in [0.1, 0.15) is 11.8 Å². The highest BCUT2D eigenvalue weighted by atomic mass is 35.5. The summed E-state index contributed by atoms with van der Waals surface area (Å²) >= 11 is 11.9. The number of nitro benzene ring substituents is 1. The lowest BCUT2D eigenvalue weighted by Crippen LogP contribution is -2.54. The van der Waals surface area contributed by atoms with E-state index in [2.05, 4.69) is 10.7 Å². The number of hydrazine groups is 1. The zero-order valence-corrected chi connectivity index (χ0v) is 21.5. The summed E-state index contributed by atoms with van der Waals surface area (Å²) in [5.41, 5.74) is 8.09. The second kappa shape index (κ2) is 13.2. The van der Waals surface area contributed by atoms with Gasteiger partial charge in [-0.3, -0.25) is 25.3 Å². The van der Waals surface area contributed by atoms with Crippen molar-refractivity contribution >= 4 is 56.6 Å². The Morgan fingerprint density at radius 3 is 2.35 bits per heavy atom. The molecule has 2 aromatic carbocycles. The van der Waals surface area contributed by atoms with E-state index in [-0.39, 0.29) is 52.5 Å². The standard InChI is InChI=1S/C21H24Cl2N6O7S/c22-16-8-3-13(10-17(16)23)11-27-28(18(20(31)32)2-1-9-26-21(24)25)19(30)12-37(35,36)15-6-4-14(5-7-15)29(33)34/h3-8,10,18,27H,1-2,9,11-12H2,(H,31,32)(H4,24,25,26)/t18-/m0/s1. The first kappa shape index (κ1) is 29.8. The molecule has 13 nitrogen and oxygen atoms in total. The maximum absolute atomic E-state index is 13.1. The van der Waals surface area contributed by atoms with Crippen LogP contribution in [0.3, 0.4) is 0 Å². The molecule has 0 saturated carbocycles. The number of nitrogens with one attached hydrogen (secondary N) is 3. The normalized spacial score (nSPS) is 11.9. The summed E-state index contributed by atoms with van der Waals surface area (Å²) in [7, 11) is -4.28. The lowest BCUT2D eigenvalue weighted by molar-refractivity contribution is -0.384. The highest BCUT2D eigenvalue weighted by Crippen LogP contribution is 2.23. The van der Waals surface area contributed by atoms with Gasteiger partial charge in [0.2, 0.25) is 0 Å². The van der Waals surface area contributed by atoms with Gasteiger partial charge in [-0.2, -0.15) is 0 Å². The Balaban J connectivity index is 2.29. The fourth-order valence-corrected chi connectivity index (χ4v) is 4.67. The minimum absolute atomic E-state index is 0.0876. The molecule has 0 aromatic heterocycles. The largest absolute Gasteiger partial charge is 0.480 e. The number of aliphatic carboxylic acids is 1. The molecule has 0 fully saturated rings. The average Bonchev–Trinajstić information content (AvgIpc) is 2.82. The number of rotatable bonds is 13. The minimum Gasteiger partial charge on any atom is -0.480 e. The first-order valence-corrected chi connectivity index (χ1v) is 13.0. The molecule has 2 rings (SSSR count). The Morgan fingerprint density at radius 2 is 1.81 bits per heavy atom. The number of sulfone groups is 1. The zero-order chi connectivity index (χ0) is 27.8. The van der Waals surface area contributed by atoms with Crippen molar-refractivity contribution in [3.63, 3.8) is 0 Å². The van der Waals surface area contributed by atoms with E-state index in [1.807, 2.05) is 0 Å². The number of non-ortho nitro benzene ring substituents is 1. The van der Waals surface area contributed by atoms with Crippen LogP contribution in [0.2, 0.25) is 10.0 Å². The Morgan fingerprint density at radius 1 is 1.16 bits per heavy atom. The van der Waals surface area contributed by atoms with E-state index >= 15 is 0 Å². The number of guanidine groups is 1. The molecule has 16 heteroatoms. The number of hydrogen-bond donors (Lipinski definition) is 5. The van der Waals surface area contributed by atoms with Crippen LogP contribution in [-0.2, 0) is 26.0 Å². The van der Waals surface area contributed by atoms with Crippen molar-refractivity contribution in [2.24, 2.45) is 5.73 Å². The highest BCUT2D eigenvalue weighted by Gasteiger charge is 2.33. The minimum atomic E-state index is -4.28. The summed E-state index contributed by atoms with van der Waals surface area (Å²) < 4.78 is 25.7. The number of nitrogens with zero attached hydrogens (tertiary/aromatic N) is 2. The van der Waals surface area contributed by atoms with Gasteiger partial charge >= 0.3 is 5.97 Å². The van der Waals surface area contributed by atoms with Crippen LogP contribution in [0.25, 0.3) is 0 Å². The number of nitrogens with two attached hydrogens (primary N) is 1. The molecule has 1 atom stereocenters. The Kier molecular flexibility index (Phi) is 10.6. The van der Waals surface area contributed by atoms with E-state index in [4.69, 9.17) is 34.3 Å². The van der Waals surface area contributed by atoms with Crippen LogP contribution in [0.15, 0.2) is 47.4 Å². The van der Waals surface area contributed by atoms with Crippen molar-refractivity contribution in [2.75, 3.05) is 12.3 Å². The van der Waals surface area contributed by atoms with E-state index < -0.39 is 38.4 Å². The molecule has 0 bridgehead atoms. The van der Waals surface area contributed by atoms with Gasteiger partial charge in [-0.1, -0.05) is 29.3 Å². The third-order valence-corrected chi connectivity index (χ3v) is 7.35. The molecule has 0 spiro atoms. The number of carboxylic acids is 1. The van der Waals surface area contributed by atoms with Gasteiger partial charge in [0, 0.05) is 25.2 Å². The summed E-state index contributed by atoms with van der Waals surface area (Å²) in [5.74, 6) is -3.88. The third kappa shape index (κ3) is 8.86. The molecular weight excluding hydrogens is 551 g/mol. The van der Waals surface area contributed by atoms with Gasteiger partial charge in [-0.25, -0.2) is 18.6 Å². The molecular formula is C21H24Cl2N6O7S. The number of carbonyl (C=O) groups excluding carboxylic acids is 1. The maximum atomic E-state index is 13.1. The molecule has 0 heterocycles. The van der Waals surface area contributed by atoms with Gasteiger partial charge in [0.15, 0.2) is 15.8 Å². The molecule has 0 aliphatic rings. The van der Waals surface area contributed by atoms with Crippen molar-refractivity contribution < 1.29 is 28.0 Å². The number of carbonyl (C=O) groups is 2. The van der Waals surface area contributed by atoms with E-state index in [1.54, 1.807) is 6.07 Å². The topological polar surface area (TPSA) is 209 Å². The second-order valence-electron chi connectivity index (χ2n) is 7.69. The maximum Gasteiger partial charge on any atom is 0.328 e. The molecule has 0 saturated heterocycles. The Bertz CT molecular complexity index is 1270. The van der Waals surface area contributed by atoms with Gasteiger partial charge in [-0.15, -0.1) is 0 Å². The van der Waals surface area contributed by atoms with Crippen molar-refractivity contribution in [3.05, 3.63) is 68.2 Å². The fraction of sp³-hybridized carbons (Fsp3) is 0.286. The molecule has 2 aromatic rings. The Hall–Kier alpha value is -3.46. The molecule has 0 aliphatic carbocycles. The number of halogens is 2. The van der Waals surface area contributed by atoms with Crippen LogP contribution in [0.1, 0.15) is 18.4 Å². The lowest BCUT2D eigenvalue weighted by atomic mass is 10.1. The van der Waals surface area contributed by atoms with Gasteiger partial charge in [0.05, 0.1) is 19.9 Å². The van der Waals surface area contributed by atoms with E-state index in [9.17, 15) is 33.2 Å². The molecule has 37 heavy (non-hydrogen) atoms. The summed E-state index contributed by atoms with van der Waals surface area (Å²) in [4.78, 5) is 35.0. The van der Waals surface area contributed by atoms with Gasteiger partial charge < -0.3 is 16.2 Å². The van der Waals surface area contributed by atoms with Gasteiger partial charge in [0.25, 0.3) is 11.6 Å². The van der Waals surface area contributed by atoms with Crippen molar-refractivity contribution in [1.82, 2.24) is 15.8 Å². The van der Waals surface area contributed by atoms with Crippen LogP contribution >= 0.6 is 23.2 Å². The quantitative estimate of drug-likeness (QED) is 0.0770. The molecule has 0 aliphatic heterocycles. The van der Waals surface area contributed by atoms with E-state index in [0.29, 0.717) is 5.56 Å². The lowest BCUT2D eigenvalue weighted by Gasteiger charge is -2.30. The first-order valence-electron chi connectivity index (χ1n) is 10.6. The number of hydrogen-bond acceptors (Lipinski definition) is 8. The number of nitro groups is 1. The van der Waals surface area contributed by atoms with Crippen LogP contribution < -0.4 is 16.5 Å². The number of amides is 1. The van der Waals surface area contributed by atoms with Crippen LogP contribution in [0.5, 0.6) is 0 Å². The van der Waals surface area contributed by atoms with Crippen molar-refractivity contribution in [1.29, 1.82) is 5.41 Å². The zero-order valence-electron chi connectivity index (χ0n) is 19.2. The fourth-order valence-electron chi connectivity index (χ4n) is 3.17. The summed E-state index contributed by atoms with van der Waals surface area (Å²) in [6, 6.07) is 7.08. The number of carboxylic acid groups (broad SMARTS) is 1. The molecule has 0 unspecified atom stereocenters. The second-order valence-corrected chi connectivity index (χ2v) is 10.5. The Labute approximate surface area is 222 Å². The van der Waals surface area contributed by atoms with E-state index in [0.717, 1.165) is 29.3 Å². The molecule has 1 amide bonds. The SMILES string of the molecule is N=C(N)NCCC[C@@H](C(=O)O)N(NCc1ccc(Cl)c(Cl)c1)C(=O)CS(=O)(=O)c1ccc([N+](=O)[O-])cc1. The predicted octanol–water partition coefficient (Wildman–Crippen LogP) is 1.93. The summed E-state index contributed by atoms with van der Waals surface area (Å²) in [5, 5.41) is 31.6. The first-order chi connectivity index (χ1) is 17.3. The highest BCUT2D eigenvalue weighted by molar-refractivity contribution is 7.92. The predicted molar refractivity (Wildman–Crippen MR) is 136 cm³/mol.